The third-order valence-electron chi connectivity index (χ3n) is 5.45. The monoisotopic (exact) mass is 443 g/mol. The Labute approximate surface area is 182 Å². The van der Waals surface area contributed by atoms with Gasteiger partial charge in [-0.05, 0) is 55.7 Å². The van der Waals surface area contributed by atoms with Gasteiger partial charge < -0.3 is 15.1 Å². The van der Waals surface area contributed by atoms with Gasteiger partial charge in [0.05, 0.1) is 16.3 Å². The molecule has 1 aromatic heterocycles. The molecule has 0 radical (unpaired) electrons. The van der Waals surface area contributed by atoms with Crippen molar-refractivity contribution in [1.29, 1.82) is 0 Å². The average molecular weight is 444 g/mol. The molecule has 30 heavy (non-hydrogen) atoms. The van der Waals surface area contributed by atoms with Gasteiger partial charge in [-0.25, -0.2) is 4.39 Å². The van der Waals surface area contributed by atoms with Gasteiger partial charge in [0.25, 0.3) is 17.6 Å². The molecule has 1 aromatic carbocycles. The van der Waals surface area contributed by atoms with E-state index in [1.54, 1.807) is 11.0 Å². The molecule has 2 heterocycles. The van der Waals surface area contributed by atoms with Gasteiger partial charge in [-0.15, -0.1) is 4.98 Å². The summed E-state index contributed by atoms with van der Waals surface area (Å²) in [7, 11) is 1.42. The van der Waals surface area contributed by atoms with Crippen molar-refractivity contribution in [2.45, 2.75) is 24.8 Å². The van der Waals surface area contributed by atoms with Crippen molar-refractivity contribution in [3.63, 3.8) is 0 Å². The van der Waals surface area contributed by atoms with Crippen molar-refractivity contribution < 1.29 is 14.0 Å². The maximum atomic E-state index is 14.6. The average Bonchev–Trinajstić information content (AvgIpc) is 2.94. The quantitative estimate of drug-likeness (QED) is 0.576. The molecule has 7 nitrogen and oxygen atoms in total. The van der Waals surface area contributed by atoms with Crippen LogP contribution in [0, 0.1) is 12.4 Å². The Morgan fingerprint density at radius 1 is 1.37 bits per heavy atom. The predicted molar refractivity (Wildman–Crippen MR) is 114 cm³/mol. The van der Waals surface area contributed by atoms with Crippen LogP contribution in [0.15, 0.2) is 30.5 Å². The van der Waals surface area contributed by atoms with E-state index in [2.05, 4.69) is 15.1 Å². The number of nitrogens with one attached hydrogen (secondary N) is 1. The smallest absolute Gasteiger partial charge is 0.288 e. The van der Waals surface area contributed by atoms with Crippen molar-refractivity contribution in [3.8, 4) is 0 Å². The summed E-state index contributed by atoms with van der Waals surface area (Å²) in [6.45, 7) is 7.07. The Morgan fingerprint density at radius 2 is 2.10 bits per heavy atom. The number of pyridine rings is 1. The number of halogens is 2. The number of carbonyl (C=O) groups excluding carboxylic acids is 2. The molecule has 4 rings (SSSR count). The van der Waals surface area contributed by atoms with Gasteiger partial charge in [-0.3, -0.25) is 14.5 Å². The highest BCUT2D eigenvalue weighted by Crippen LogP contribution is 2.48. The predicted octanol–water partition coefficient (Wildman–Crippen LogP) is 3.85. The number of anilines is 2. The summed E-state index contributed by atoms with van der Waals surface area (Å²) in [6, 6.07) is 5.62. The van der Waals surface area contributed by atoms with E-state index in [0.717, 1.165) is 6.42 Å². The molecule has 2 amide bonds. The highest BCUT2D eigenvalue weighted by molar-refractivity contribution is 7.81. The van der Waals surface area contributed by atoms with Crippen LogP contribution >= 0.6 is 23.8 Å². The van der Waals surface area contributed by atoms with Gasteiger partial charge in [-0.2, -0.15) is 0 Å². The number of benzene rings is 1. The second kappa shape index (κ2) is 7.31. The van der Waals surface area contributed by atoms with Gasteiger partial charge in [-0.1, -0.05) is 18.2 Å². The molecule has 1 saturated heterocycles. The highest BCUT2D eigenvalue weighted by Gasteiger charge is 2.59. The second-order valence-corrected chi connectivity index (χ2v) is 7.77. The van der Waals surface area contributed by atoms with E-state index >= 15 is 0 Å². The van der Waals surface area contributed by atoms with Crippen LogP contribution in [0.2, 0.25) is 5.02 Å². The summed E-state index contributed by atoms with van der Waals surface area (Å²) in [5, 5.41) is 2.67. The number of hydrogen-bond donors (Lipinski definition) is 1. The van der Waals surface area contributed by atoms with Crippen LogP contribution in [-0.2, 0) is 4.79 Å². The van der Waals surface area contributed by atoms with Gasteiger partial charge in [0.15, 0.2) is 5.11 Å². The largest absolute Gasteiger partial charge is 0.359 e. The molecule has 1 spiro atoms. The summed E-state index contributed by atoms with van der Waals surface area (Å²) >= 11 is 11.7. The first-order chi connectivity index (χ1) is 14.3. The number of carbonyl (C=O) groups is 2. The normalized spacial score (nSPS) is 17.1. The topological polar surface area (TPSA) is 69.9 Å². The van der Waals surface area contributed by atoms with Gasteiger partial charge in [0.2, 0.25) is 0 Å². The molecular formula is C20H15ClFN5O2S. The Kier molecular flexibility index (Phi) is 4.92. The fourth-order valence-corrected chi connectivity index (χ4v) is 4.47. The lowest BCUT2D eigenvalue weighted by Crippen LogP contribution is -2.55. The van der Waals surface area contributed by atoms with Crippen LogP contribution < -0.4 is 15.1 Å². The van der Waals surface area contributed by atoms with Crippen molar-refractivity contribution in [3.05, 3.63) is 58.3 Å². The van der Waals surface area contributed by atoms with Crippen LogP contribution in [0.25, 0.3) is 4.85 Å². The van der Waals surface area contributed by atoms with E-state index in [-0.39, 0.29) is 27.4 Å². The zero-order chi connectivity index (χ0) is 21.6. The molecule has 10 heteroatoms. The first kappa shape index (κ1) is 20.2. The lowest BCUT2D eigenvalue weighted by atomic mass is 9.75. The summed E-state index contributed by atoms with van der Waals surface area (Å²) in [6.07, 6.45) is 3.31. The minimum atomic E-state index is -0.914. The molecule has 2 aromatic rings. The molecule has 1 N–H and O–H groups in total. The minimum Gasteiger partial charge on any atom is -0.359 e. The second-order valence-electron chi connectivity index (χ2n) is 7.00. The number of thiocarbonyl (C=S) groups is 1. The van der Waals surface area contributed by atoms with Gasteiger partial charge in [0, 0.05) is 12.7 Å². The van der Waals surface area contributed by atoms with E-state index in [1.807, 2.05) is 0 Å². The first-order valence-corrected chi connectivity index (χ1v) is 9.86. The summed E-state index contributed by atoms with van der Waals surface area (Å²) in [5.74, 6) is -1.47. The van der Waals surface area contributed by atoms with E-state index in [1.165, 1.54) is 36.3 Å². The Balaban J connectivity index is 1.78. The summed E-state index contributed by atoms with van der Waals surface area (Å²) < 4.78 is 14.6. The molecular weight excluding hydrogens is 429 g/mol. The molecule has 2 fully saturated rings. The lowest BCUT2D eigenvalue weighted by molar-refractivity contribution is -0.123. The van der Waals surface area contributed by atoms with E-state index in [0.29, 0.717) is 24.2 Å². The molecule has 152 valence electrons. The van der Waals surface area contributed by atoms with E-state index < -0.39 is 17.3 Å². The number of aromatic nitrogens is 1. The van der Waals surface area contributed by atoms with Crippen LogP contribution in [0.5, 0.6) is 0 Å². The van der Waals surface area contributed by atoms with Crippen molar-refractivity contribution in [2.75, 3.05) is 16.8 Å². The number of nitrogens with zero attached hydrogens (tertiary/aromatic N) is 4. The maximum absolute atomic E-state index is 14.6. The Hall–Kier alpha value is -3.09. The van der Waals surface area contributed by atoms with Crippen molar-refractivity contribution in [1.82, 2.24) is 10.3 Å². The SMILES string of the molecule is [C-]#[N+]c1ncc(N2C(=O)C3(CCC3)N(c3ccc(C(=O)NC)c(F)c3)C2=S)cc1Cl. The molecule has 0 atom stereocenters. The van der Waals surface area contributed by atoms with Crippen molar-refractivity contribution >= 4 is 57.9 Å². The highest BCUT2D eigenvalue weighted by atomic mass is 35.5. The van der Waals surface area contributed by atoms with Gasteiger partial charge >= 0.3 is 0 Å². The minimum absolute atomic E-state index is 0.0278. The molecule has 0 unspecified atom stereocenters. The molecule has 1 saturated carbocycles. The van der Waals surface area contributed by atoms with Crippen LogP contribution in [0.1, 0.15) is 29.6 Å². The zero-order valence-electron chi connectivity index (χ0n) is 15.8. The third kappa shape index (κ3) is 2.83. The van der Waals surface area contributed by atoms with E-state index in [9.17, 15) is 14.0 Å². The molecule has 0 bridgehead atoms. The lowest BCUT2D eigenvalue weighted by Gasteiger charge is -2.43. The number of amides is 2. The third-order valence-corrected chi connectivity index (χ3v) is 6.09. The standard InChI is InChI=1S/C20H15ClFN5O2S/c1-23-16-14(21)8-12(10-25-16)26-18(29)20(6-3-7-20)27(19(26)30)11-4-5-13(15(22)9-11)17(28)24-2/h4-5,8-10H,3,6-7H2,2H3,(H,24,28). The molecule has 1 aliphatic carbocycles. The van der Waals surface area contributed by atoms with E-state index in [4.69, 9.17) is 30.4 Å². The Bertz CT molecular complexity index is 1140. The zero-order valence-corrected chi connectivity index (χ0v) is 17.4. The number of rotatable bonds is 3. The number of hydrogen-bond acceptors (Lipinski definition) is 4. The fourth-order valence-electron chi connectivity index (χ4n) is 3.80. The molecule has 1 aliphatic heterocycles. The van der Waals surface area contributed by atoms with Crippen molar-refractivity contribution in [2.24, 2.45) is 0 Å². The van der Waals surface area contributed by atoms with Crippen LogP contribution in [-0.4, -0.2) is 34.5 Å². The summed E-state index contributed by atoms with van der Waals surface area (Å²) in [5.41, 5.74) is -0.276. The Morgan fingerprint density at radius 3 is 2.63 bits per heavy atom. The fraction of sp³-hybridized carbons (Fsp3) is 0.250. The maximum Gasteiger partial charge on any atom is 0.288 e. The van der Waals surface area contributed by atoms with Crippen LogP contribution in [0.3, 0.4) is 0 Å². The summed E-state index contributed by atoms with van der Waals surface area (Å²) in [4.78, 5) is 35.4. The first-order valence-electron chi connectivity index (χ1n) is 9.07. The molecule has 2 aliphatic rings. The van der Waals surface area contributed by atoms with Gasteiger partial charge in [0.1, 0.15) is 17.6 Å². The van der Waals surface area contributed by atoms with Crippen LogP contribution in [0.4, 0.5) is 21.6 Å².